The number of nitrogens with one attached hydrogen (secondary N) is 1. The fourth-order valence-electron chi connectivity index (χ4n) is 7.30. The standard InChI is InChI=1S/C36H33F3N6O5/c37-36(38,39)27-4-1-3-24(18-27)34(47)40-30-19-25(35(48)42-15-13-41(14-16-42)28-8-10-29(11-9-28)45(49)50)7-12-32(30)43-20-23-17-26(22-43)31-5-2-6-33(46)44(31)21-23/h1-12,18-19,23,26H,13-17,20-22H2,(H,40,47). The summed E-state index contributed by atoms with van der Waals surface area (Å²) in [5.41, 5.74) is 1.82. The number of carbonyl (C=O) groups is 2. The van der Waals surface area contributed by atoms with Gasteiger partial charge in [0.25, 0.3) is 23.1 Å². The fourth-order valence-corrected chi connectivity index (χ4v) is 7.30. The minimum absolute atomic E-state index is 0.00461. The number of halogens is 3. The van der Waals surface area contributed by atoms with E-state index in [4.69, 9.17) is 0 Å². The number of piperazine rings is 1. The molecule has 2 saturated heterocycles. The lowest BCUT2D eigenvalue weighted by molar-refractivity contribution is -0.384. The third kappa shape index (κ3) is 6.52. The summed E-state index contributed by atoms with van der Waals surface area (Å²) in [4.78, 5) is 56.2. The molecule has 2 amide bonds. The summed E-state index contributed by atoms with van der Waals surface area (Å²) in [6, 6.07) is 20.7. The van der Waals surface area contributed by atoms with Crippen LogP contribution in [0.25, 0.3) is 0 Å². The second-order valence-electron chi connectivity index (χ2n) is 12.9. The fraction of sp³-hybridized carbons (Fsp3) is 0.306. The van der Waals surface area contributed by atoms with Crippen molar-refractivity contribution < 1.29 is 27.7 Å². The largest absolute Gasteiger partial charge is 0.416 e. The van der Waals surface area contributed by atoms with Crippen molar-refractivity contribution in [3.8, 4) is 0 Å². The maximum Gasteiger partial charge on any atom is 0.416 e. The lowest BCUT2D eigenvalue weighted by atomic mass is 9.83. The van der Waals surface area contributed by atoms with E-state index in [0.717, 1.165) is 29.9 Å². The zero-order valence-corrected chi connectivity index (χ0v) is 26.8. The number of hydrogen-bond acceptors (Lipinski definition) is 7. The molecule has 2 unspecified atom stereocenters. The number of alkyl halides is 3. The van der Waals surface area contributed by atoms with Crippen molar-refractivity contribution in [3.05, 3.63) is 128 Å². The first-order chi connectivity index (χ1) is 23.9. The number of nitro benzene ring substituents is 1. The number of pyridine rings is 1. The van der Waals surface area contributed by atoms with E-state index >= 15 is 0 Å². The molecule has 258 valence electrons. The number of rotatable bonds is 6. The van der Waals surface area contributed by atoms with Gasteiger partial charge in [0.1, 0.15) is 0 Å². The van der Waals surface area contributed by atoms with E-state index in [1.165, 1.54) is 24.3 Å². The van der Waals surface area contributed by atoms with Crippen LogP contribution in [0.3, 0.4) is 0 Å². The predicted octanol–water partition coefficient (Wildman–Crippen LogP) is 5.61. The van der Waals surface area contributed by atoms with Gasteiger partial charge in [-0.3, -0.25) is 24.5 Å². The van der Waals surface area contributed by atoms with Crippen molar-refractivity contribution >= 4 is 34.6 Å². The Morgan fingerprint density at radius 1 is 0.820 bits per heavy atom. The summed E-state index contributed by atoms with van der Waals surface area (Å²) in [5, 5.41) is 13.8. The number of nitro groups is 1. The normalized spacial score (nSPS) is 18.7. The molecule has 0 spiro atoms. The molecule has 1 N–H and O–H groups in total. The highest BCUT2D eigenvalue weighted by Gasteiger charge is 2.36. The summed E-state index contributed by atoms with van der Waals surface area (Å²) < 4.78 is 42.2. The average molecular weight is 687 g/mol. The molecule has 2 bridgehead atoms. The highest BCUT2D eigenvalue weighted by Crippen LogP contribution is 2.40. The molecule has 0 aliphatic carbocycles. The Hall–Kier alpha value is -5.66. The van der Waals surface area contributed by atoms with E-state index in [0.29, 0.717) is 62.8 Å². The summed E-state index contributed by atoms with van der Waals surface area (Å²) in [6.45, 7) is 3.46. The van der Waals surface area contributed by atoms with Gasteiger partial charge in [-0.25, -0.2) is 0 Å². The summed E-state index contributed by atoms with van der Waals surface area (Å²) in [7, 11) is 0. The highest BCUT2D eigenvalue weighted by atomic mass is 19.4. The van der Waals surface area contributed by atoms with Crippen LogP contribution in [0, 0.1) is 16.0 Å². The number of piperidine rings is 1. The Balaban J connectivity index is 1.15. The third-order valence-electron chi connectivity index (χ3n) is 9.76. The van der Waals surface area contributed by atoms with Crippen LogP contribution in [0.15, 0.2) is 89.7 Å². The number of nitrogens with zero attached hydrogens (tertiary/aromatic N) is 5. The van der Waals surface area contributed by atoms with Gasteiger partial charge < -0.3 is 24.6 Å². The summed E-state index contributed by atoms with van der Waals surface area (Å²) in [5.74, 6) is -0.801. The van der Waals surface area contributed by atoms with Crippen molar-refractivity contribution in [2.24, 2.45) is 5.92 Å². The molecule has 3 aromatic carbocycles. The van der Waals surface area contributed by atoms with E-state index in [1.54, 1.807) is 47.4 Å². The van der Waals surface area contributed by atoms with E-state index in [1.807, 2.05) is 15.5 Å². The van der Waals surface area contributed by atoms with Crippen LogP contribution in [0.2, 0.25) is 0 Å². The van der Waals surface area contributed by atoms with Gasteiger partial charge in [-0.1, -0.05) is 12.1 Å². The van der Waals surface area contributed by atoms with Gasteiger partial charge in [0.15, 0.2) is 0 Å². The minimum atomic E-state index is -4.62. The maximum atomic E-state index is 13.8. The van der Waals surface area contributed by atoms with E-state index in [9.17, 15) is 37.7 Å². The molecule has 2 atom stereocenters. The molecule has 4 heterocycles. The Labute approximate surface area is 284 Å². The molecular weight excluding hydrogens is 653 g/mol. The zero-order valence-electron chi connectivity index (χ0n) is 26.8. The van der Waals surface area contributed by atoms with Crippen LogP contribution in [0.5, 0.6) is 0 Å². The van der Waals surface area contributed by atoms with Gasteiger partial charge in [-0.05, 0) is 66.9 Å². The number of carbonyl (C=O) groups excluding carboxylic acids is 2. The van der Waals surface area contributed by atoms with Crippen molar-refractivity contribution in [1.82, 2.24) is 9.47 Å². The Morgan fingerprint density at radius 3 is 2.28 bits per heavy atom. The monoisotopic (exact) mass is 686 g/mol. The Morgan fingerprint density at radius 2 is 1.56 bits per heavy atom. The van der Waals surface area contributed by atoms with Crippen LogP contribution >= 0.6 is 0 Å². The molecule has 3 aliphatic heterocycles. The van der Waals surface area contributed by atoms with Crippen LogP contribution in [-0.2, 0) is 12.7 Å². The molecule has 1 aromatic heterocycles. The summed E-state index contributed by atoms with van der Waals surface area (Å²) >= 11 is 0. The molecule has 11 nitrogen and oxygen atoms in total. The lowest BCUT2D eigenvalue weighted by Gasteiger charge is -2.44. The number of aromatic nitrogens is 1. The van der Waals surface area contributed by atoms with E-state index < -0.39 is 22.6 Å². The second kappa shape index (κ2) is 13.0. The Bertz CT molecular complexity index is 2020. The average Bonchev–Trinajstić information content (AvgIpc) is 3.11. The number of fused-ring (bicyclic) bond motifs is 4. The number of benzene rings is 3. The smallest absolute Gasteiger partial charge is 0.369 e. The topological polar surface area (TPSA) is 121 Å². The maximum absolute atomic E-state index is 13.8. The van der Waals surface area contributed by atoms with Gasteiger partial charge in [0.05, 0.1) is 21.9 Å². The summed E-state index contributed by atoms with van der Waals surface area (Å²) in [6.07, 6.45) is -3.73. The van der Waals surface area contributed by atoms with Crippen LogP contribution in [0.4, 0.5) is 35.9 Å². The molecule has 2 fully saturated rings. The van der Waals surface area contributed by atoms with Crippen molar-refractivity contribution in [2.75, 3.05) is 54.4 Å². The van der Waals surface area contributed by atoms with Crippen molar-refractivity contribution in [2.45, 2.75) is 25.1 Å². The highest BCUT2D eigenvalue weighted by molar-refractivity contribution is 6.07. The van der Waals surface area contributed by atoms with Crippen LogP contribution < -0.4 is 20.7 Å². The first-order valence-corrected chi connectivity index (χ1v) is 16.3. The van der Waals surface area contributed by atoms with Crippen LogP contribution in [-0.4, -0.2) is 65.5 Å². The van der Waals surface area contributed by atoms with Gasteiger partial charge in [-0.15, -0.1) is 0 Å². The van der Waals surface area contributed by atoms with Gasteiger partial charge in [0.2, 0.25) is 0 Å². The van der Waals surface area contributed by atoms with Gasteiger partial charge in [0, 0.05) is 92.4 Å². The molecule has 7 rings (SSSR count). The first kappa shape index (κ1) is 32.9. The predicted molar refractivity (Wildman–Crippen MR) is 181 cm³/mol. The minimum Gasteiger partial charge on any atom is -0.369 e. The first-order valence-electron chi connectivity index (χ1n) is 16.3. The number of non-ortho nitro benzene ring substituents is 1. The zero-order chi connectivity index (χ0) is 35.2. The molecule has 0 saturated carbocycles. The van der Waals surface area contributed by atoms with E-state index in [-0.39, 0.29) is 34.6 Å². The second-order valence-corrected chi connectivity index (χ2v) is 12.9. The number of amides is 2. The number of anilines is 3. The number of hydrogen-bond donors (Lipinski definition) is 1. The quantitative estimate of drug-likeness (QED) is 0.207. The molecule has 0 radical (unpaired) electrons. The molecule has 14 heteroatoms. The molecular formula is C36H33F3N6O5. The molecule has 50 heavy (non-hydrogen) atoms. The Kier molecular flexibility index (Phi) is 8.54. The van der Waals surface area contributed by atoms with Gasteiger partial charge in [-0.2, -0.15) is 13.2 Å². The van der Waals surface area contributed by atoms with Gasteiger partial charge >= 0.3 is 6.18 Å². The van der Waals surface area contributed by atoms with Crippen LogP contribution in [0.1, 0.15) is 44.3 Å². The van der Waals surface area contributed by atoms with E-state index in [2.05, 4.69) is 10.2 Å². The van der Waals surface area contributed by atoms with Crippen molar-refractivity contribution in [1.29, 1.82) is 0 Å². The SMILES string of the molecule is O=C(Nc1cc(C(=O)N2CCN(c3ccc([N+](=O)[O-])cc3)CC2)ccc1N1CC2CC(C1)c1cccc(=O)n1C2)c1cccc(C(F)(F)F)c1. The van der Waals surface area contributed by atoms with Crippen molar-refractivity contribution in [3.63, 3.8) is 0 Å². The molecule has 3 aliphatic rings. The third-order valence-corrected chi connectivity index (χ3v) is 9.76. The molecule has 4 aromatic rings. The lowest BCUT2D eigenvalue weighted by Crippen LogP contribution is -2.49.